The van der Waals surface area contributed by atoms with Crippen LogP contribution in [0.15, 0.2) is 42.5 Å². The summed E-state index contributed by atoms with van der Waals surface area (Å²) in [6.45, 7) is 0. The first-order chi connectivity index (χ1) is 14.3. The minimum atomic E-state index is -0.433. The number of nitrogens with zero attached hydrogens (tertiary/aromatic N) is 1. The van der Waals surface area contributed by atoms with E-state index in [-0.39, 0.29) is 27.4 Å². The molecule has 1 amide bonds. The van der Waals surface area contributed by atoms with Crippen LogP contribution in [0.2, 0.25) is 20.1 Å². The number of amides is 1. The molecule has 1 aliphatic heterocycles. The van der Waals surface area contributed by atoms with E-state index in [0.29, 0.717) is 34.1 Å². The van der Waals surface area contributed by atoms with E-state index in [1.54, 1.807) is 12.1 Å². The number of fused-ring (bicyclic) bond motifs is 1. The molecule has 0 bridgehead atoms. The zero-order chi connectivity index (χ0) is 21.6. The Morgan fingerprint density at radius 1 is 0.900 bits per heavy atom. The standard InChI is InChI=1S/C22H14Cl4FNO2/c1-30-13-9-16(14-3-2-12(27)8-17(14)24)15-4-5-21(29)28(20(15)10-13)22-18(25)6-11(23)7-19(22)26/h2-3,6-10H,4-5H2,1H3. The van der Waals surface area contributed by atoms with Gasteiger partial charge in [-0.15, -0.1) is 0 Å². The molecule has 0 fully saturated rings. The van der Waals surface area contributed by atoms with Crippen LogP contribution in [0.1, 0.15) is 12.0 Å². The third kappa shape index (κ3) is 3.74. The van der Waals surface area contributed by atoms with E-state index in [1.807, 2.05) is 6.07 Å². The molecule has 0 atom stereocenters. The predicted molar refractivity (Wildman–Crippen MR) is 120 cm³/mol. The van der Waals surface area contributed by atoms with Crippen LogP contribution in [0, 0.1) is 5.82 Å². The van der Waals surface area contributed by atoms with Crippen LogP contribution in [0.4, 0.5) is 15.8 Å². The first-order valence-corrected chi connectivity index (χ1v) is 10.4. The van der Waals surface area contributed by atoms with Crippen molar-refractivity contribution in [2.24, 2.45) is 0 Å². The van der Waals surface area contributed by atoms with E-state index in [0.717, 1.165) is 11.1 Å². The highest BCUT2D eigenvalue weighted by Gasteiger charge is 2.32. The highest BCUT2D eigenvalue weighted by Crippen LogP contribution is 2.47. The molecule has 8 heteroatoms. The third-order valence-corrected chi connectivity index (χ3v) is 6.05. The summed E-state index contributed by atoms with van der Waals surface area (Å²) in [5.74, 6) is -0.0971. The zero-order valence-corrected chi connectivity index (χ0v) is 18.6. The Morgan fingerprint density at radius 2 is 1.60 bits per heavy atom. The highest BCUT2D eigenvalue weighted by atomic mass is 35.5. The molecule has 0 unspecified atom stereocenters. The summed E-state index contributed by atoms with van der Waals surface area (Å²) in [6, 6.07) is 10.8. The van der Waals surface area contributed by atoms with E-state index in [1.165, 1.54) is 36.3 Å². The summed E-state index contributed by atoms with van der Waals surface area (Å²) < 4.78 is 19.1. The second-order valence-corrected chi connectivity index (χ2v) is 8.40. The minimum absolute atomic E-state index is 0.168. The molecule has 3 aromatic carbocycles. The summed E-state index contributed by atoms with van der Waals surface area (Å²) in [7, 11) is 1.52. The topological polar surface area (TPSA) is 29.5 Å². The van der Waals surface area contributed by atoms with E-state index >= 15 is 0 Å². The molecule has 1 aliphatic rings. The Hall–Kier alpha value is -1.98. The Kier molecular flexibility index (Phi) is 5.86. The number of rotatable bonds is 3. The SMILES string of the molecule is COc1cc(-c2ccc(F)cc2Cl)c2c(c1)N(c1c(Cl)cc(Cl)cc1Cl)C(=O)CC2. The van der Waals surface area contributed by atoms with Gasteiger partial charge in [0.1, 0.15) is 11.6 Å². The van der Waals surface area contributed by atoms with Gasteiger partial charge in [-0.25, -0.2) is 4.39 Å². The van der Waals surface area contributed by atoms with E-state index in [2.05, 4.69) is 0 Å². The molecule has 154 valence electrons. The summed E-state index contributed by atoms with van der Waals surface area (Å²) in [4.78, 5) is 14.4. The van der Waals surface area contributed by atoms with Gasteiger partial charge in [0.05, 0.1) is 33.6 Å². The third-order valence-electron chi connectivity index (χ3n) is 4.94. The van der Waals surface area contributed by atoms with Gasteiger partial charge < -0.3 is 4.74 Å². The van der Waals surface area contributed by atoms with E-state index < -0.39 is 5.82 Å². The zero-order valence-electron chi connectivity index (χ0n) is 15.6. The second kappa shape index (κ2) is 8.27. The van der Waals surface area contributed by atoms with Crippen molar-refractivity contribution in [1.82, 2.24) is 0 Å². The smallest absolute Gasteiger partial charge is 0.231 e. The molecule has 0 saturated heterocycles. The van der Waals surface area contributed by atoms with Crippen LogP contribution in [0.25, 0.3) is 11.1 Å². The lowest BCUT2D eigenvalue weighted by Gasteiger charge is -2.32. The Bertz CT molecular complexity index is 1160. The van der Waals surface area contributed by atoms with Crippen molar-refractivity contribution in [3.63, 3.8) is 0 Å². The summed E-state index contributed by atoms with van der Waals surface area (Å²) in [5.41, 5.74) is 3.15. The van der Waals surface area contributed by atoms with Crippen LogP contribution in [0.3, 0.4) is 0 Å². The van der Waals surface area contributed by atoms with Crippen molar-refractivity contribution < 1.29 is 13.9 Å². The molecule has 0 spiro atoms. The van der Waals surface area contributed by atoms with Gasteiger partial charge in [0.15, 0.2) is 0 Å². The van der Waals surface area contributed by atoms with Crippen molar-refractivity contribution in [1.29, 1.82) is 0 Å². The quantitative estimate of drug-likeness (QED) is 0.380. The van der Waals surface area contributed by atoms with Crippen molar-refractivity contribution in [3.05, 3.63) is 73.9 Å². The fourth-order valence-electron chi connectivity index (χ4n) is 3.63. The highest BCUT2D eigenvalue weighted by molar-refractivity contribution is 6.43. The average molecular weight is 485 g/mol. The number of methoxy groups -OCH3 is 1. The molecule has 0 aromatic heterocycles. The van der Waals surface area contributed by atoms with Gasteiger partial charge in [-0.3, -0.25) is 9.69 Å². The number of anilines is 2. The lowest BCUT2D eigenvalue weighted by molar-refractivity contribution is -0.118. The maximum Gasteiger partial charge on any atom is 0.231 e. The van der Waals surface area contributed by atoms with Gasteiger partial charge >= 0.3 is 0 Å². The maximum absolute atomic E-state index is 13.6. The van der Waals surface area contributed by atoms with Crippen molar-refractivity contribution in [2.75, 3.05) is 12.0 Å². The Balaban J connectivity index is 2.00. The number of ether oxygens (including phenoxy) is 1. The Labute approximate surface area is 192 Å². The van der Waals surface area contributed by atoms with Crippen molar-refractivity contribution >= 4 is 63.7 Å². The molecule has 4 rings (SSSR count). The molecule has 0 aliphatic carbocycles. The maximum atomic E-state index is 13.6. The largest absolute Gasteiger partial charge is 0.497 e. The van der Waals surface area contributed by atoms with Crippen LogP contribution in [0.5, 0.6) is 5.75 Å². The Morgan fingerprint density at radius 3 is 2.23 bits per heavy atom. The average Bonchev–Trinajstić information content (AvgIpc) is 2.68. The van der Waals surface area contributed by atoms with Crippen LogP contribution in [-0.4, -0.2) is 13.0 Å². The molecular formula is C22H14Cl4FNO2. The van der Waals surface area contributed by atoms with Gasteiger partial charge in [-0.2, -0.15) is 0 Å². The molecule has 30 heavy (non-hydrogen) atoms. The number of carbonyl (C=O) groups excluding carboxylic acids is 1. The molecule has 1 heterocycles. The fraction of sp³-hybridized carbons (Fsp3) is 0.136. The molecule has 0 radical (unpaired) electrons. The normalized spacial score (nSPS) is 13.4. The predicted octanol–water partition coefficient (Wildman–Crippen LogP) is 7.73. The number of carbonyl (C=O) groups is 1. The van der Waals surface area contributed by atoms with Crippen molar-refractivity contribution in [2.45, 2.75) is 12.8 Å². The molecule has 3 nitrogen and oxygen atoms in total. The van der Waals surface area contributed by atoms with Gasteiger partial charge in [0, 0.05) is 23.1 Å². The number of halogens is 5. The minimum Gasteiger partial charge on any atom is -0.497 e. The second-order valence-electron chi connectivity index (χ2n) is 6.74. The summed E-state index contributed by atoms with van der Waals surface area (Å²) in [6.07, 6.45) is 0.709. The van der Waals surface area contributed by atoms with Crippen LogP contribution in [-0.2, 0) is 11.2 Å². The number of hydrogen-bond donors (Lipinski definition) is 0. The molecule has 0 N–H and O–H groups in total. The molecule has 0 saturated carbocycles. The van der Waals surface area contributed by atoms with E-state index in [4.69, 9.17) is 51.1 Å². The van der Waals surface area contributed by atoms with Gasteiger partial charge in [0.25, 0.3) is 0 Å². The fourth-order valence-corrected chi connectivity index (χ4v) is 4.89. The van der Waals surface area contributed by atoms with Gasteiger partial charge in [0.2, 0.25) is 5.91 Å². The van der Waals surface area contributed by atoms with Gasteiger partial charge in [-0.1, -0.05) is 46.4 Å². The lowest BCUT2D eigenvalue weighted by Crippen LogP contribution is -2.31. The molecular weight excluding hydrogens is 471 g/mol. The number of hydrogen-bond acceptors (Lipinski definition) is 2. The number of benzene rings is 3. The van der Waals surface area contributed by atoms with Crippen LogP contribution < -0.4 is 9.64 Å². The molecule has 3 aromatic rings. The first kappa shape index (κ1) is 21.3. The first-order valence-electron chi connectivity index (χ1n) is 8.94. The van der Waals surface area contributed by atoms with Crippen LogP contribution >= 0.6 is 46.4 Å². The monoisotopic (exact) mass is 483 g/mol. The summed E-state index contributed by atoms with van der Waals surface area (Å²) >= 11 is 25.2. The summed E-state index contributed by atoms with van der Waals surface area (Å²) in [5, 5.41) is 1.12. The van der Waals surface area contributed by atoms with Gasteiger partial charge in [-0.05, 0) is 53.9 Å². The lowest BCUT2D eigenvalue weighted by atomic mass is 9.91. The van der Waals surface area contributed by atoms with Crippen molar-refractivity contribution in [3.8, 4) is 16.9 Å². The van der Waals surface area contributed by atoms with E-state index in [9.17, 15) is 9.18 Å².